The molecule has 1 aromatic carbocycles. The van der Waals surface area contributed by atoms with Gasteiger partial charge in [0.15, 0.2) is 5.75 Å². The van der Waals surface area contributed by atoms with Crippen molar-refractivity contribution in [3.05, 3.63) is 17.8 Å². The molecular weight excluding hydrogens is 178 g/mol. The Balaban J connectivity index is 2.92. The summed E-state index contributed by atoms with van der Waals surface area (Å²) in [6.45, 7) is 1.97. The summed E-state index contributed by atoms with van der Waals surface area (Å²) in [6, 6.07) is 3.81. The highest BCUT2D eigenvalue weighted by Gasteiger charge is 2.12. The fourth-order valence-electron chi connectivity index (χ4n) is 1.74. The second-order valence-corrected chi connectivity index (χ2v) is 3.29. The maximum Gasteiger partial charge on any atom is 0.167 e. The zero-order valence-corrected chi connectivity index (χ0v) is 8.53. The van der Waals surface area contributed by atoms with E-state index in [1.807, 2.05) is 26.1 Å². The van der Waals surface area contributed by atoms with Gasteiger partial charge in [-0.1, -0.05) is 0 Å². The lowest BCUT2D eigenvalue weighted by Crippen LogP contribution is -1.96. The summed E-state index contributed by atoms with van der Waals surface area (Å²) in [6.07, 6.45) is 0. The minimum Gasteiger partial charge on any atom is -0.492 e. The van der Waals surface area contributed by atoms with E-state index in [2.05, 4.69) is 5.10 Å². The van der Waals surface area contributed by atoms with Crippen LogP contribution in [0.2, 0.25) is 0 Å². The summed E-state index contributed by atoms with van der Waals surface area (Å²) >= 11 is 0. The Kier molecular flexibility index (Phi) is 1.84. The molecule has 0 saturated heterocycles. The molecule has 4 nitrogen and oxygen atoms in total. The molecule has 1 aromatic heterocycles. The number of fused-ring (bicyclic) bond motifs is 1. The molecule has 0 bridgehead atoms. The van der Waals surface area contributed by atoms with Crippen molar-refractivity contribution in [2.75, 3.05) is 12.8 Å². The zero-order valence-electron chi connectivity index (χ0n) is 8.53. The van der Waals surface area contributed by atoms with Crippen LogP contribution in [-0.4, -0.2) is 16.9 Å². The van der Waals surface area contributed by atoms with E-state index in [1.54, 1.807) is 11.8 Å². The van der Waals surface area contributed by atoms with E-state index in [0.717, 1.165) is 16.6 Å². The molecule has 1 heterocycles. The molecule has 0 fully saturated rings. The van der Waals surface area contributed by atoms with Crippen LogP contribution in [0.5, 0.6) is 5.75 Å². The number of aryl methyl sites for hydroxylation is 2. The number of anilines is 1. The van der Waals surface area contributed by atoms with Gasteiger partial charge in [-0.05, 0) is 19.1 Å². The molecule has 0 aliphatic rings. The van der Waals surface area contributed by atoms with Gasteiger partial charge in [0.25, 0.3) is 0 Å². The maximum absolute atomic E-state index is 5.81. The van der Waals surface area contributed by atoms with Crippen LogP contribution in [0.3, 0.4) is 0 Å². The quantitative estimate of drug-likeness (QED) is 0.694. The van der Waals surface area contributed by atoms with Crippen molar-refractivity contribution in [2.45, 2.75) is 6.92 Å². The molecule has 0 saturated carbocycles. The summed E-state index contributed by atoms with van der Waals surface area (Å²) in [5.41, 5.74) is 8.39. The Morgan fingerprint density at radius 1 is 1.43 bits per heavy atom. The SMILES string of the molecule is COc1c(N)ccc2c(C)nn(C)c12. The van der Waals surface area contributed by atoms with E-state index in [0.29, 0.717) is 11.4 Å². The van der Waals surface area contributed by atoms with Crippen LogP contribution in [0.15, 0.2) is 12.1 Å². The normalized spacial score (nSPS) is 10.8. The number of hydrogen-bond donors (Lipinski definition) is 1. The van der Waals surface area contributed by atoms with Crippen LogP contribution in [-0.2, 0) is 7.05 Å². The van der Waals surface area contributed by atoms with Crippen molar-refractivity contribution in [2.24, 2.45) is 7.05 Å². The molecule has 2 N–H and O–H groups in total. The molecule has 0 aliphatic carbocycles. The van der Waals surface area contributed by atoms with E-state index in [1.165, 1.54) is 0 Å². The Bertz CT molecular complexity index is 488. The lowest BCUT2D eigenvalue weighted by molar-refractivity contribution is 0.419. The lowest BCUT2D eigenvalue weighted by atomic mass is 10.2. The molecule has 4 heteroatoms. The highest BCUT2D eigenvalue weighted by Crippen LogP contribution is 2.32. The van der Waals surface area contributed by atoms with Gasteiger partial charge in [0.1, 0.15) is 5.52 Å². The van der Waals surface area contributed by atoms with Crippen molar-refractivity contribution >= 4 is 16.6 Å². The Hall–Kier alpha value is -1.71. The first-order valence-electron chi connectivity index (χ1n) is 4.41. The molecule has 2 aromatic rings. The molecule has 0 atom stereocenters. The van der Waals surface area contributed by atoms with Crippen LogP contribution < -0.4 is 10.5 Å². The molecule has 74 valence electrons. The number of nitrogens with two attached hydrogens (primary N) is 1. The molecule has 0 aliphatic heterocycles. The third-order valence-corrected chi connectivity index (χ3v) is 2.38. The molecule has 0 unspecified atom stereocenters. The first-order valence-corrected chi connectivity index (χ1v) is 4.41. The molecule has 2 rings (SSSR count). The maximum atomic E-state index is 5.81. The fraction of sp³-hybridized carbons (Fsp3) is 0.300. The van der Waals surface area contributed by atoms with Gasteiger partial charge in [0, 0.05) is 12.4 Å². The van der Waals surface area contributed by atoms with E-state index in [-0.39, 0.29) is 0 Å². The van der Waals surface area contributed by atoms with E-state index in [4.69, 9.17) is 10.5 Å². The Morgan fingerprint density at radius 3 is 2.79 bits per heavy atom. The van der Waals surface area contributed by atoms with E-state index in [9.17, 15) is 0 Å². The lowest BCUT2D eigenvalue weighted by Gasteiger charge is -2.06. The average molecular weight is 191 g/mol. The van der Waals surface area contributed by atoms with Crippen molar-refractivity contribution in [3.8, 4) is 5.75 Å². The van der Waals surface area contributed by atoms with Gasteiger partial charge in [-0.3, -0.25) is 4.68 Å². The van der Waals surface area contributed by atoms with Gasteiger partial charge in [-0.2, -0.15) is 5.10 Å². The minimum absolute atomic E-state index is 0.642. The van der Waals surface area contributed by atoms with Crippen LogP contribution >= 0.6 is 0 Å². The van der Waals surface area contributed by atoms with E-state index >= 15 is 0 Å². The number of methoxy groups -OCH3 is 1. The summed E-state index contributed by atoms with van der Waals surface area (Å²) in [5.74, 6) is 0.700. The number of rotatable bonds is 1. The predicted octanol–water partition coefficient (Wildman–Crippen LogP) is 1.47. The van der Waals surface area contributed by atoms with E-state index < -0.39 is 0 Å². The van der Waals surface area contributed by atoms with Crippen molar-refractivity contribution in [1.82, 2.24) is 9.78 Å². The number of ether oxygens (including phenoxy) is 1. The molecule has 0 spiro atoms. The number of nitrogen functional groups attached to an aromatic ring is 1. The van der Waals surface area contributed by atoms with Crippen molar-refractivity contribution in [3.63, 3.8) is 0 Å². The number of nitrogens with zero attached hydrogens (tertiary/aromatic N) is 2. The first kappa shape index (κ1) is 8.87. The first-order chi connectivity index (χ1) is 6.65. The number of aromatic nitrogens is 2. The largest absolute Gasteiger partial charge is 0.492 e. The molecular formula is C10H13N3O. The highest BCUT2D eigenvalue weighted by molar-refractivity contribution is 5.91. The predicted molar refractivity (Wildman–Crippen MR) is 56.4 cm³/mol. The summed E-state index contributed by atoms with van der Waals surface area (Å²) < 4.78 is 7.06. The monoisotopic (exact) mass is 191 g/mol. The van der Waals surface area contributed by atoms with Crippen LogP contribution in [0.4, 0.5) is 5.69 Å². The van der Waals surface area contributed by atoms with Crippen LogP contribution in [0, 0.1) is 6.92 Å². The summed E-state index contributed by atoms with van der Waals surface area (Å²) in [5, 5.41) is 5.40. The fourth-order valence-corrected chi connectivity index (χ4v) is 1.74. The topological polar surface area (TPSA) is 53.1 Å². The van der Waals surface area contributed by atoms with Crippen molar-refractivity contribution < 1.29 is 4.74 Å². The zero-order chi connectivity index (χ0) is 10.3. The van der Waals surface area contributed by atoms with Crippen molar-refractivity contribution in [1.29, 1.82) is 0 Å². The van der Waals surface area contributed by atoms with Crippen LogP contribution in [0.1, 0.15) is 5.69 Å². The summed E-state index contributed by atoms with van der Waals surface area (Å²) in [7, 11) is 3.50. The molecule has 0 amide bonds. The van der Waals surface area contributed by atoms with Crippen LogP contribution in [0.25, 0.3) is 10.9 Å². The third-order valence-electron chi connectivity index (χ3n) is 2.38. The minimum atomic E-state index is 0.642. The van der Waals surface area contributed by atoms with Gasteiger partial charge in [0.05, 0.1) is 18.5 Å². The second kappa shape index (κ2) is 2.90. The highest BCUT2D eigenvalue weighted by atomic mass is 16.5. The Morgan fingerprint density at radius 2 is 2.14 bits per heavy atom. The smallest absolute Gasteiger partial charge is 0.167 e. The third kappa shape index (κ3) is 1.04. The second-order valence-electron chi connectivity index (χ2n) is 3.29. The molecule has 14 heavy (non-hydrogen) atoms. The average Bonchev–Trinajstić information content (AvgIpc) is 2.43. The van der Waals surface area contributed by atoms with Gasteiger partial charge in [-0.25, -0.2) is 0 Å². The van der Waals surface area contributed by atoms with Gasteiger partial charge in [-0.15, -0.1) is 0 Å². The van der Waals surface area contributed by atoms with Gasteiger partial charge in [0.2, 0.25) is 0 Å². The molecule has 0 radical (unpaired) electrons. The van der Waals surface area contributed by atoms with Gasteiger partial charge < -0.3 is 10.5 Å². The number of benzene rings is 1. The number of hydrogen-bond acceptors (Lipinski definition) is 3. The Labute approximate surface area is 82.3 Å². The standard InChI is InChI=1S/C10H13N3O/c1-6-7-4-5-8(11)10(14-3)9(7)13(2)12-6/h4-5H,11H2,1-3H3. The summed E-state index contributed by atoms with van der Waals surface area (Å²) in [4.78, 5) is 0. The van der Waals surface area contributed by atoms with Gasteiger partial charge >= 0.3 is 0 Å².